The van der Waals surface area contributed by atoms with Crippen LogP contribution in [-0.2, 0) is 9.59 Å². The average molecular weight is 323 g/mol. The molecule has 0 aromatic rings. The zero-order chi connectivity index (χ0) is 15.5. The first kappa shape index (κ1) is 16.2. The molecule has 3 rings (SSSR count). The Balaban J connectivity index is 1.49. The Kier molecular flexibility index (Phi) is 5.32. The van der Waals surface area contributed by atoms with Gasteiger partial charge in [0.05, 0.1) is 5.37 Å². The topological polar surface area (TPSA) is 61.2 Å². The number of fused-ring (bicyclic) bond motifs is 1. The van der Waals surface area contributed by atoms with Gasteiger partial charge in [-0.2, -0.15) is 0 Å². The Bertz CT molecular complexity index is 423. The summed E-state index contributed by atoms with van der Waals surface area (Å²) in [5.74, 6) is 1.15. The summed E-state index contributed by atoms with van der Waals surface area (Å²) in [6.07, 6.45) is 12.3. The number of nitrogens with one attached hydrogen (secondary N) is 1. The highest BCUT2D eigenvalue weighted by Crippen LogP contribution is 2.40. The van der Waals surface area contributed by atoms with Gasteiger partial charge in [0, 0.05) is 11.7 Å². The van der Waals surface area contributed by atoms with Crippen molar-refractivity contribution in [3.8, 4) is 0 Å². The van der Waals surface area contributed by atoms with E-state index < -0.39 is 11.9 Å². The predicted molar refractivity (Wildman–Crippen MR) is 88.1 cm³/mol. The fourth-order valence-electron chi connectivity index (χ4n) is 4.36. The molecule has 0 aromatic carbocycles. The second-order valence-electron chi connectivity index (χ2n) is 7.12. The van der Waals surface area contributed by atoms with Crippen molar-refractivity contribution in [2.24, 2.45) is 11.8 Å². The van der Waals surface area contributed by atoms with Crippen molar-refractivity contribution in [2.45, 2.75) is 75.6 Å². The molecule has 3 fully saturated rings. The number of rotatable bonds is 5. The van der Waals surface area contributed by atoms with Crippen LogP contribution in [0.5, 0.6) is 0 Å². The van der Waals surface area contributed by atoms with Gasteiger partial charge in [-0.1, -0.05) is 44.9 Å². The fourth-order valence-corrected chi connectivity index (χ4v) is 5.79. The summed E-state index contributed by atoms with van der Waals surface area (Å²) in [5, 5.41) is 0.154. The maximum absolute atomic E-state index is 12.7. The third-order valence-corrected chi connectivity index (χ3v) is 7.01. The fraction of sp³-hybridized carbons (Fsp3) is 0.882. The van der Waals surface area contributed by atoms with Gasteiger partial charge in [-0.15, -0.1) is 11.8 Å². The van der Waals surface area contributed by atoms with Crippen LogP contribution in [0.2, 0.25) is 0 Å². The zero-order valence-electron chi connectivity index (χ0n) is 13.3. The van der Waals surface area contributed by atoms with E-state index in [4.69, 9.17) is 5.73 Å². The Morgan fingerprint density at radius 2 is 1.91 bits per heavy atom. The lowest BCUT2D eigenvalue weighted by Gasteiger charge is -2.36. The molecular weight excluding hydrogens is 296 g/mol. The Morgan fingerprint density at radius 1 is 1.14 bits per heavy atom. The van der Waals surface area contributed by atoms with Gasteiger partial charge in [0.15, 0.2) is 0 Å². The van der Waals surface area contributed by atoms with Crippen LogP contribution in [0.25, 0.3) is 0 Å². The highest BCUT2D eigenvalue weighted by atomic mass is 32.2. The quantitative estimate of drug-likeness (QED) is 0.780. The minimum Gasteiger partial charge on any atom is -0.318 e. The van der Waals surface area contributed by atoms with Gasteiger partial charge in [0.2, 0.25) is 5.91 Å². The minimum atomic E-state index is -0.591. The Labute approximate surface area is 137 Å². The molecule has 2 amide bonds. The number of hydrogen-bond donors (Lipinski definition) is 0. The van der Waals surface area contributed by atoms with Crippen LogP contribution in [0.1, 0.15) is 64.2 Å². The number of thioether (sulfide) groups is 1. The summed E-state index contributed by atoms with van der Waals surface area (Å²) in [4.78, 5) is 25.9. The third kappa shape index (κ3) is 3.44. The van der Waals surface area contributed by atoms with Crippen LogP contribution in [-0.4, -0.2) is 33.9 Å². The summed E-state index contributed by atoms with van der Waals surface area (Å²) in [5.41, 5.74) is 7.38. The molecule has 0 bridgehead atoms. The van der Waals surface area contributed by atoms with Crippen molar-refractivity contribution in [1.29, 1.82) is 0 Å². The zero-order valence-corrected chi connectivity index (χ0v) is 14.1. The standard InChI is InChI=1S/C17H27N2O2S/c18-16(20)14-11-22-15-10-9-13(17(21)19(14)15)8-4-7-12-5-2-1-3-6-12/h12-15,18H,1-11H2/t13-,14-,15?/m0/s1. The highest BCUT2D eigenvalue weighted by molar-refractivity contribution is 8.00. The molecule has 1 aliphatic carbocycles. The van der Waals surface area contributed by atoms with Gasteiger partial charge in [0.1, 0.15) is 6.04 Å². The average Bonchev–Trinajstić information content (AvgIpc) is 2.96. The second-order valence-corrected chi connectivity index (χ2v) is 8.33. The molecule has 123 valence electrons. The molecule has 4 nitrogen and oxygen atoms in total. The van der Waals surface area contributed by atoms with E-state index in [1.165, 1.54) is 38.5 Å². The SMILES string of the molecule is [NH]C(=O)[C@@H]1CSC2CC[C@H](CCCC3CCCCC3)C(=O)N21. The molecule has 3 aliphatic rings. The summed E-state index contributed by atoms with van der Waals surface area (Å²) < 4.78 is 0. The molecule has 2 heterocycles. The Morgan fingerprint density at radius 3 is 2.64 bits per heavy atom. The van der Waals surface area contributed by atoms with E-state index in [1.54, 1.807) is 16.7 Å². The molecule has 22 heavy (non-hydrogen) atoms. The van der Waals surface area contributed by atoms with Crippen LogP contribution < -0.4 is 5.73 Å². The van der Waals surface area contributed by atoms with Crippen molar-refractivity contribution in [1.82, 2.24) is 10.6 Å². The first-order valence-electron chi connectivity index (χ1n) is 8.86. The molecule has 2 saturated heterocycles. The summed E-state index contributed by atoms with van der Waals surface area (Å²) in [6.45, 7) is 0. The van der Waals surface area contributed by atoms with Crippen LogP contribution in [0, 0.1) is 11.8 Å². The third-order valence-electron chi connectivity index (χ3n) is 5.65. The lowest BCUT2D eigenvalue weighted by Crippen LogP contribution is -2.51. The molecule has 0 spiro atoms. The molecule has 1 unspecified atom stereocenters. The molecule has 2 aliphatic heterocycles. The molecular formula is C17H27N2O2S. The van der Waals surface area contributed by atoms with E-state index >= 15 is 0 Å². The summed E-state index contributed by atoms with van der Waals surface area (Å²) in [6, 6.07) is -0.483. The van der Waals surface area contributed by atoms with Crippen molar-refractivity contribution >= 4 is 23.6 Å². The molecule has 1 radical (unpaired) electrons. The van der Waals surface area contributed by atoms with Crippen LogP contribution in [0.4, 0.5) is 0 Å². The van der Waals surface area contributed by atoms with Crippen molar-refractivity contribution in [3.63, 3.8) is 0 Å². The van der Waals surface area contributed by atoms with E-state index in [-0.39, 0.29) is 17.2 Å². The maximum atomic E-state index is 12.7. The van der Waals surface area contributed by atoms with Gasteiger partial charge in [-0.25, -0.2) is 0 Å². The Hall–Kier alpha value is -0.710. The highest BCUT2D eigenvalue weighted by Gasteiger charge is 2.45. The first-order chi connectivity index (χ1) is 10.7. The normalized spacial score (nSPS) is 33.0. The van der Waals surface area contributed by atoms with Crippen molar-refractivity contribution < 1.29 is 9.59 Å². The largest absolute Gasteiger partial charge is 0.318 e. The molecule has 1 saturated carbocycles. The van der Waals surface area contributed by atoms with Crippen LogP contribution in [0.15, 0.2) is 0 Å². The maximum Gasteiger partial charge on any atom is 0.262 e. The molecule has 5 heteroatoms. The van der Waals surface area contributed by atoms with E-state index in [2.05, 4.69) is 0 Å². The van der Waals surface area contributed by atoms with Crippen LogP contribution >= 0.6 is 11.8 Å². The number of nitrogens with zero attached hydrogens (tertiary/aromatic N) is 1. The predicted octanol–water partition coefficient (Wildman–Crippen LogP) is 3.23. The number of hydrogen-bond acceptors (Lipinski definition) is 3. The molecule has 0 aromatic heterocycles. The number of piperidine rings is 1. The van der Waals surface area contributed by atoms with Gasteiger partial charge in [0.25, 0.3) is 5.91 Å². The van der Waals surface area contributed by atoms with Crippen molar-refractivity contribution in [2.75, 3.05) is 5.75 Å². The van der Waals surface area contributed by atoms with Crippen molar-refractivity contribution in [3.05, 3.63) is 0 Å². The van der Waals surface area contributed by atoms with E-state index in [0.717, 1.165) is 31.6 Å². The monoisotopic (exact) mass is 323 g/mol. The van der Waals surface area contributed by atoms with Gasteiger partial charge in [-0.05, 0) is 25.2 Å². The second kappa shape index (κ2) is 7.24. The lowest BCUT2D eigenvalue weighted by atomic mass is 9.83. The molecule has 3 atom stereocenters. The number of carbonyl (C=O) groups excluding carboxylic acids is 2. The number of carbonyl (C=O) groups is 2. The smallest absolute Gasteiger partial charge is 0.262 e. The summed E-state index contributed by atoms with van der Waals surface area (Å²) >= 11 is 1.68. The first-order valence-corrected chi connectivity index (χ1v) is 9.91. The minimum absolute atomic E-state index is 0.0976. The van der Waals surface area contributed by atoms with E-state index in [9.17, 15) is 9.59 Å². The lowest BCUT2D eigenvalue weighted by molar-refractivity contribution is -0.145. The molecule has 1 N–H and O–H groups in total. The summed E-state index contributed by atoms with van der Waals surface area (Å²) in [7, 11) is 0. The van der Waals surface area contributed by atoms with E-state index in [0.29, 0.717) is 5.75 Å². The number of amides is 2. The van der Waals surface area contributed by atoms with Crippen LogP contribution in [0.3, 0.4) is 0 Å². The van der Waals surface area contributed by atoms with E-state index in [1.807, 2.05) is 0 Å². The van der Waals surface area contributed by atoms with Gasteiger partial charge in [-0.3, -0.25) is 15.3 Å². The van der Waals surface area contributed by atoms with Gasteiger partial charge >= 0.3 is 0 Å². The van der Waals surface area contributed by atoms with Gasteiger partial charge < -0.3 is 4.90 Å².